The van der Waals surface area contributed by atoms with E-state index in [9.17, 15) is 23.1 Å². The van der Waals surface area contributed by atoms with Gasteiger partial charge in [0.1, 0.15) is 17.4 Å². The number of aliphatic hydroxyl groups is 1. The molecular formula is C35H44ClN3O7S. The minimum absolute atomic E-state index is 0.0252. The van der Waals surface area contributed by atoms with E-state index in [2.05, 4.69) is 15.7 Å². The first-order chi connectivity index (χ1) is 22.2. The summed E-state index contributed by atoms with van der Waals surface area (Å²) in [4.78, 5) is 29.8. The third kappa shape index (κ3) is 6.85. The summed E-state index contributed by atoms with van der Waals surface area (Å²) in [7, 11) is -4.33. The van der Waals surface area contributed by atoms with Gasteiger partial charge in [0.05, 0.1) is 23.3 Å². The molecule has 12 heteroatoms. The Morgan fingerprint density at radius 1 is 1.17 bits per heavy atom. The number of rotatable bonds is 0. The van der Waals surface area contributed by atoms with Crippen molar-refractivity contribution in [3.05, 3.63) is 64.7 Å². The molecule has 10 nitrogen and oxygen atoms in total. The van der Waals surface area contributed by atoms with Crippen LogP contribution in [0.1, 0.15) is 64.5 Å². The predicted octanol–water partition coefficient (Wildman–Crippen LogP) is 5.20. The molecule has 2 aromatic rings. The molecule has 0 saturated heterocycles. The number of nitrogens with zero attached hydrogens (tertiary/aromatic N) is 2. The lowest BCUT2D eigenvalue weighted by atomic mass is 9.68. The molecule has 2 bridgehead atoms. The molecule has 2 N–H and O–H groups in total. The van der Waals surface area contributed by atoms with Gasteiger partial charge in [-0.25, -0.2) is 17.9 Å². The van der Waals surface area contributed by atoms with Gasteiger partial charge in [-0.15, -0.1) is 0 Å². The zero-order chi connectivity index (χ0) is 33.7. The maximum absolute atomic E-state index is 13.7. The second kappa shape index (κ2) is 12.6. The Balaban J connectivity index is 1.40. The number of sulfonamides is 1. The number of carbonyl (C=O) groups excluding carboxylic acids is 2. The quantitative estimate of drug-likeness (QED) is 0.363. The molecule has 2 amide bonds. The van der Waals surface area contributed by atoms with E-state index >= 15 is 0 Å². The van der Waals surface area contributed by atoms with E-state index < -0.39 is 39.8 Å². The number of ether oxygens (including phenoxy) is 2. The van der Waals surface area contributed by atoms with Crippen LogP contribution in [0.5, 0.6) is 5.75 Å². The van der Waals surface area contributed by atoms with Gasteiger partial charge in [0, 0.05) is 30.1 Å². The summed E-state index contributed by atoms with van der Waals surface area (Å²) in [5, 5.41) is 12.0. The van der Waals surface area contributed by atoms with Crippen molar-refractivity contribution in [2.75, 3.05) is 31.1 Å². The van der Waals surface area contributed by atoms with Gasteiger partial charge >= 0.3 is 6.09 Å². The number of benzene rings is 2. The normalized spacial score (nSPS) is 29.7. The Bertz CT molecular complexity index is 1690. The lowest BCUT2D eigenvalue weighted by Crippen LogP contribution is -2.51. The van der Waals surface area contributed by atoms with Crippen molar-refractivity contribution < 1.29 is 32.6 Å². The molecule has 6 rings (SSSR count). The van der Waals surface area contributed by atoms with Crippen LogP contribution >= 0.6 is 11.6 Å². The van der Waals surface area contributed by atoms with Crippen LogP contribution in [0.2, 0.25) is 5.02 Å². The van der Waals surface area contributed by atoms with Gasteiger partial charge in [-0.05, 0) is 113 Å². The van der Waals surface area contributed by atoms with Crippen LogP contribution in [0.25, 0.3) is 0 Å². The summed E-state index contributed by atoms with van der Waals surface area (Å²) < 4.78 is 41.6. The molecule has 4 aliphatic rings. The maximum Gasteiger partial charge on any atom is 0.411 e. The van der Waals surface area contributed by atoms with Crippen molar-refractivity contribution in [1.82, 2.24) is 9.62 Å². The Hall–Kier alpha value is -3.28. The van der Waals surface area contributed by atoms with Gasteiger partial charge in [-0.1, -0.05) is 29.8 Å². The lowest BCUT2D eigenvalue weighted by Gasteiger charge is -2.45. The molecule has 0 aromatic heterocycles. The van der Waals surface area contributed by atoms with Gasteiger partial charge in [0.25, 0.3) is 15.9 Å². The number of aliphatic hydroxyl groups excluding tert-OH is 1. The molecule has 2 heterocycles. The largest absolute Gasteiger partial charge is 0.490 e. The number of fused-ring (bicyclic) bond motifs is 4. The Labute approximate surface area is 282 Å². The molecular weight excluding hydrogens is 642 g/mol. The fourth-order valence-electron chi connectivity index (χ4n) is 7.40. The fourth-order valence-corrected chi connectivity index (χ4v) is 8.66. The highest BCUT2D eigenvalue weighted by molar-refractivity contribution is 7.90. The number of amides is 2. The highest BCUT2D eigenvalue weighted by Crippen LogP contribution is 2.47. The van der Waals surface area contributed by atoms with Gasteiger partial charge < -0.3 is 19.5 Å². The zero-order valence-electron chi connectivity index (χ0n) is 27.4. The molecule has 2 aromatic carbocycles. The minimum atomic E-state index is -4.33. The molecule has 47 heavy (non-hydrogen) atoms. The van der Waals surface area contributed by atoms with Crippen LogP contribution in [-0.2, 0) is 31.4 Å². The number of halogens is 1. The average Bonchev–Trinajstić information content (AvgIpc) is 3.12. The third-order valence-electron chi connectivity index (χ3n) is 10.0. The summed E-state index contributed by atoms with van der Waals surface area (Å²) in [6, 6.07) is 9.53. The summed E-state index contributed by atoms with van der Waals surface area (Å²) in [5.41, 5.74) is 1.85. The van der Waals surface area contributed by atoms with Crippen LogP contribution in [0.15, 0.2) is 53.4 Å². The molecule has 254 valence electrons. The predicted molar refractivity (Wildman–Crippen MR) is 179 cm³/mol. The van der Waals surface area contributed by atoms with Gasteiger partial charge in [-0.3, -0.25) is 9.69 Å². The first-order valence-corrected chi connectivity index (χ1v) is 18.2. The van der Waals surface area contributed by atoms with E-state index in [-0.39, 0.29) is 28.7 Å². The van der Waals surface area contributed by atoms with Gasteiger partial charge in [-0.2, -0.15) is 0 Å². The van der Waals surface area contributed by atoms with Gasteiger partial charge in [0.15, 0.2) is 0 Å². The molecule has 2 aliphatic heterocycles. The van der Waals surface area contributed by atoms with Crippen molar-refractivity contribution in [1.29, 1.82) is 0 Å². The van der Waals surface area contributed by atoms with Crippen LogP contribution in [0, 0.1) is 11.8 Å². The summed E-state index contributed by atoms with van der Waals surface area (Å²) >= 11 is 6.39. The molecule has 0 radical (unpaired) electrons. The molecule has 5 atom stereocenters. The number of hydrogen-bond donors (Lipinski definition) is 2. The highest BCUT2D eigenvalue weighted by atomic mass is 35.5. The van der Waals surface area contributed by atoms with E-state index in [4.69, 9.17) is 21.1 Å². The van der Waals surface area contributed by atoms with E-state index in [0.717, 1.165) is 37.0 Å². The number of anilines is 1. The van der Waals surface area contributed by atoms with Crippen LogP contribution in [0.4, 0.5) is 10.5 Å². The Kier molecular flexibility index (Phi) is 9.04. The first-order valence-electron chi connectivity index (χ1n) is 16.4. The lowest BCUT2D eigenvalue weighted by molar-refractivity contribution is -0.123. The monoisotopic (exact) mass is 685 g/mol. The van der Waals surface area contributed by atoms with Crippen LogP contribution in [0.3, 0.4) is 0 Å². The summed E-state index contributed by atoms with van der Waals surface area (Å²) in [5.74, 6) is -0.201. The molecule has 1 spiro atoms. The van der Waals surface area contributed by atoms with Crippen LogP contribution in [-0.4, -0.2) is 74.4 Å². The van der Waals surface area contributed by atoms with Crippen molar-refractivity contribution in [2.24, 2.45) is 11.8 Å². The van der Waals surface area contributed by atoms with Crippen LogP contribution < -0.4 is 14.4 Å². The van der Waals surface area contributed by atoms with E-state index in [1.807, 2.05) is 12.1 Å². The Morgan fingerprint density at radius 3 is 2.68 bits per heavy atom. The average molecular weight is 686 g/mol. The van der Waals surface area contributed by atoms with E-state index in [0.29, 0.717) is 36.2 Å². The fraction of sp³-hybridized carbons (Fsp3) is 0.543. The second-order valence-electron chi connectivity index (χ2n) is 14.4. The zero-order valence-corrected chi connectivity index (χ0v) is 28.9. The van der Waals surface area contributed by atoms with Crippen molar-refractivity contribution in [3.8, 4) is 5.75 Å². The highest BCUT2D eigenvalue weighted by Gasteiger charge is 2.44. The number of hydrogen-bond acceptors (Lipinski definition) is 8. The van der Waals surface area contributed by atoms with Crippen molar-refractivity contribution in [3.63, 3.8) is 0 Å². The van der Waals surface area contributed by atoms with E-state index in [1.54, 1.807) is 45.1 Å². The molecule has 0 unspecified atom stereocenters. The van der Waals surface area contributed by atoms with E-state index in [1.165, 1.54) is 24.1 Å². The SMILES string of the molecule is C[C@H]1C(=O)NS(=O)(=O)c2ccc3c(c2)N(C[C@@H]2CC[C@H]2[C@@H](O)/C=C\CN1C(=O)OC(C)(C)C)C[C@@]1(CCCc2cc(Cl)ccc21)CO3. The molecule has 1 fully saturated rings. The maximum atomic E-state index is 13.7. The third-order valence-corrected chi connectivity index (χ3v) is 11.6. The summed E-state index contributed by atoms with van der Waals surface area (Å²) in [6.07, 6.45) is 6.35. The van der Waals surface area contributed by atoms with Crippen molar-refractivity contribution >= 4 is 39.3 Å². The first kappa shape index (κ1) is 33.6. The number of carbonyl (C=O) groups is 2. The smallest absolute Gasteiger partial charge is 0.411 e. The molecule has 1 saturated carbocycles. The number of nitrogens with one attached hydrogen (secondary N) is 1. The van der Waals surface area contributed by atoms with Crippen molar-refractivity contribution in [2.45, 2.75) is 87.9 Å². The summed E-state index contributed by atoms with van der Waals surface area (Å²) in [6.45, 7) is 8.15. The Morgan fingerprint density at radius 2 is 1.96 bits per heavy atom. The molecule has 2 aliphatic carbocycles. The minimum Gasteiger partial charge on any atom is -0.490 e. The second-order valence-corrected chi connectivity index (χ2v) is 16.6. The van der Waals surface area contributed by atoms with Gasteiger partial charge in [0.2, 0.25) is 0 Å². The standard InChI is InChI=1S/C35H44ClN3O7S/c1-22-32(41)37-47(43,44)26-11-14-31-29(18-26)38(20-35(21-45-31)15-5-7-23-17-25(36)10-13-28(23)35)19-24-9-12-27(24)30(40)8-6-16-39(22)33(42)46-34(2,3)4/h6,8,10-11,13-14,17-18,22,24,27,30,40H,5,7,9,12,15-16,19-21H2,1-4H3,(H,37,41)/b8-6-/t22-,24-,27+,30-,35-/m0/s1. The topological polar surface area (TPSA) is 125 Å². The number of aryl methyl sites for hydroxylation is 1.